The van der Waals surface area contributed by atoms with Gasteiger partial charge in [-0.05, 0) is 20.3 Å². The number of hydrogen-bond acceptors (Lipinski definition) is 10. The highest BCUT2D eigenvalue weighted by Crippen LogP contribution is 2.24. The zero-order valence-corrected chi connectivity index (χ0v) is 18.1. The molecule has 28 heavy (non-hydrogen) atoms. The molecule has 0 aliphatic rings. The molecule has 0 aromatic heterocycles. The fourth-order valence-electron chi connectivity index (χ4n) is 1.67. The monoisotopic (exact) mass is 448 g/mol. The number of carbonyl (C=O) groups excluding carboxylic acids is 2. The summed E-state index contributed by atoms with van der Waals surface area (Å²) in [7, 11) is -4.01. The van der Waals surface area contributed by atoms with Crippen molar-refractivity contribution in [3.05, 3.63) is 0 Å². The van der Waals surface area contributed by atoms with Gasteiger partial charge < -0.3 is 23.9 Å². The van der Waals surface area contributed by atoms with Crippen LogP contribution in [0.4, 0.5) is 4.79 Å². The molecule has 166 valence electrons. The van der Waals surface area contributed by atoms with Crippen LogP contribution in [0.1, 0.15) is 41.0 Å². The highest BCUT2D eigenvalue weighted by Gasteiger charge is 2.37. The number of esters is 1. The third kappa shape index (κ3) is 11.5. The van der Waals surface area contributed by atoms with Gasteiger partial charge in [0.25, 0.3) is 10.1 Å². The molecule has 0 aliphatic heterocycles. The Morgan fingerprint density at radius 2 is 1.68 bits per heavy atom. The molecule has 0 spiro atoms. The van der Waals surface area contributed by atoms with Crippen LogP contribution in [-0.2, 0) is 44.4 Å². The van der Waals surface area contributed by atoms with Gasteiger partial charge in [0.05, 0.1) is 24.2 Å². The zero-order valence-electron chi connectivity index (χ0n) is 16.4. The van der Waals surface area contributed by atoms with Crippen molar-refractivity contribution in [3.8, 4) is 0 Å². The zero-order chi connectivity index (χ0) is 22.1. The first-order valence-electron chi connectivity index (χ1n) is 8.36. The Balaban J connectivity index is 4.62. The fraction of sp³-hybridized carbons (Fsp3) is 0.867. The summed E-state index contributed by atoms with van der Waals surface area (Å²) in [6, 6.07) is 0. The van der Waals surface area contributed by atoms with E-state index in [9.17, 15) is 27.3 Å². The van der Waals surface area contributed by atoms with Gasteiger partial charge in [-0.2, -0.15) is 8.42 Å². The van der Waals surface area contributed by atoms with Crippen molar-refractivity contribution >= 4 is 33.3 Å². The number of carbonyl (C=O) groups is 2. The molecule has 13 heteroatoms. The van der Waals surface area contributed by atoms with E-state index in [4.69, 9.17) is 18.2 Å². The third-order valence-corrected chi connectivity index (χ3v) is 5.07. The molecule has 0 rings (SSSR count). The molecule has 0 amide bonds. The molecule has 0 saturated carbocycles. The summed E-state index contributed by atoms with van der Waals surface area (Å²) in [5, 5.41) is 10.1. The molecule has 0 fully saturated rings. The largest absolute Gasteiger partial charge is 0.511 e. The Morgan fingerprint density at radius 1 is 1.11 bits per heavy atom. The molecule has 0 aromatic rings. The molecule has 3 atom stereocenters. The van der Waals surface area contributed by atoms with Gasteiger partial charge >= 0.3 is 12.1 Å². The molecule has 0 radical (unpaired) electrons. The lowest BCUT2D eigenvalue weighted by atomic mass is 9.88. The first-order chi connectivity index (χ1) is 12.7. The minimum Gasteiger partial charge on any atom is -0.431 e. The van der Waals surface area contributed by atoms with E-state index >= 15 is 0 Å². The van der Waals surface area contributed by atoms with Gasteiger partial charge in [0, 0.05) is 12.3 Å². The Bertz CT molecular complexity index is 642. The number of hydrogen-bond donors (Lipinski definition) is 2. The minimum absolute atomic E-state index is 0.0855. The number of ether oxygens (including phenoxy) is 3. The van der Waals surface area contributed by atoms with Crippen LogP contribution < -0.4 is 0 Å². The molecule has 0 heterocycles. The van der Waals surface area contributed by atoms with Gasteiger partial charge in [0.15, 0.2) is 17.2 Å². The third-order valence-electron chi connectivity index (χ3n) is 3.16. The van der Waals surface area contributed by atoms with Crippen LogP contribution in [0.15, 0.2) is 0 Å². The van der Waals surface area contributed by atoms with Crippen molar-refractivity contribution in [1.29, 1.82) is 0 Å². The summed E-state index contributed by atoms with van der Waals surface area (Å²) in [5.74, 6) is -1.86. The highest BCUT2D eigenvalue weighted by atomic mass is 32.2. The van der Waals surface area contributed by atoms with Crippen molar-refractivity contribution < 1.29 is 50.3 Å². The minimum atomic E-state index is -4.01. The lowest BCUT2D eigenvalue weighted by Crippen LogP contribution is -2.43. The summed E-state index contributed by atoms with van der Waals surface area (Å²) >= 11 is -2.11. The molecular weight excluding hydrogens is 420 g/mol. The predicted molar refractivity (Wildman–Crippen MR) is 98.0 cm³/mol. The van der Waals surface area contributed by atoms with Crippen LogP contribution in [0.25, 0.3) is 0 Å². The van der Waals surface area contributed by atoms with Crippen molar-refractivity contribution in [2.24, 2.45) is 5.41 Å². The maximum Gasteiger partial charge on any atom is 0.511 e. The van der Waals surface area contributed by atoms with E-state index in [1.807, 2.05) is 0 Å². The fourth-order valence-corrected chi connectivity index (χ4v) is 3.34. The van der Waals surface area contributed by atoms with Crippen LogP contribution >= 0.6 is 0 Å². The lowest BCUT2D eigenvalue weighted by molar-refractivity contribution is -0.184. The smallest absolute Gasteiger partial charge is 0.431 e. The van der Waals surface area contributed by atoms with Crippen LogP contribution in [0.3, 0.4) is 0 Å². The number of rotatable bonds is 12. The normalized spacial score (nSPS) is 15.6. The van der Waals surface area contributed by atoms with Crippen LogP contribution in [-0.4, -0.2) is 71.0 Å². The highest BCUT2D eigenvalue weighted by molar-refractivity contribution is 7.86. The van der Waals surface area contributed by atoms with Gasteiger partial charge in [-0.15, -0.1) is 0 Å². The maximum atomic E-state index is 12.0. The predicted octanol–water partition coefficient (Wildman–Crippen LogP) is 0.783. The Kier molecular flexibility index (Phi) is 11.1. The standard InChI is InChI=1S/C15H28O11S2/c1-10(2)24-14(18)26-11(3)25-13(17)12(16)15(4,5)9-23-28(21,22)8-6-7-27(19)20/h10-12,16H,6-9H2,1-5H3,(H,19,20)/t11?,12-/m0/s1. The SMILES string of the molecule is CC(C)OC(=O)OC(C)OC(=O)[C@H](O)C(C)(C)COS(=O)(=O)CCCS(=O)O. The second kappa shape index (κ2) is 11.7. The first kappa shape index (κ1) is 26.7. The van der Waals surface area contributed by atoms with Gasteiger partial charge in [-0.1, -0.05) is 13.8 Å². The van der Waals surface area contributed by atoms with Crippen molar-refractivity contribution in [2.45, 2.75) is 59.5 Å². The van der Waals surface area contributed by atoms with Crippen molar-refractivity contribution in [3.63, 3.8) is 0 Å². The Labute approximate surface area is 167 Å². The van der Waals surface area contributed by atoms with E-state index in [2.05, 4.69) is 4.74 Å². The molecule has 0 aliphatic carbocycles. The molecule has 0 bridgehead atoms. The molecule has 0 saturated heterocycles. The molecular formula is C15H28O11S2. The van der Waals surface area contributed by atoms with E-state index in [0.717, 1.165) is 0 Å². The van der Waals surface area contributed by atoms with Gasteiger partial charge in [0.1, 0.15) is 0 Å². The number of aliphatic hydroxyl groups excluding tert-OH is 1. The van der Waals surface area contributed by atoms with Gasteiger partial charge in [-0.25, -0.2) is 13.8 Å². The summed E-state index contributed by atoms with van der Waals surface area (Å²) < 4.78 is 61.7. The second-order valence-electron chi connectivity index (χ2n) is 6.83. The van der Waals surface area contributed by atoms with E-state index in [0.29, 0.717) is 0 Å². The summed E-state index contributed by atoms with van der Waals surface area (Å²) in [5.41, 5.74) is -1.36. The first-order valence-corrected chi connectivity index (χ1v) is 11.2. The molecule has 2 unspecified atom stereocenters. The van der Waals surface area contributed by atoms with Crippen LogP contribution in [0.2, 0.25) is 0 Å². The van der Waals surface area contributed by atoms with Gasteiger partial charge in [0.2, 0.25) is 6.29 Å². The van der Waals surface area contributed by atoms with E-state index in [1.165, 1.54) is 20.8 Å². The average molecular weight is 449 g/mol. The lowest BCUT2D eigenvalue weighted by Gasteiger charge is -2.29. The van der Waals surface area contributed by atoms with Crippen molar-refractivity contribution in [2.75, 3.05) is 18.1 Å². The maximum absolute atomic E-state index is 12.0. The quantitative estimate of drug-likeness (QED) is 0.188. The summed E-state index contributed by atoms with van der Waals surface area (Å²) in [6.07, 6.45) is -4.69. The number of aliphatic hydroxyl groups is 1. The summed E-state index contributed by atoms with van der Waals surface area (Å²) in [4.78, 5) is 23.3. The topological polar surface area (TPSA) is 163 Å². The molecule has 11 nitrogen and oxygen atoms in total. The van der Waals surface area contributed by atoms with E-state index in [-0.39, 0.29) is 12.2 Å². The van der Waals surface area contributed by atoms with Crippen LogP contribution in [0, 0.1) is 5.41 Å². The van der Waals surface area contributed by atoms with Gasteiger partial charge in [-0.3, -0.25) is 4.18 Å². The van der Waals surface area contributed by atoms with Crippen LogP contribution in [0.5, 0.6) is 0 Å². The van der Waals surface area contributed by atoms with E-state index in [1.54, 1.807) is 13.8 Å². The average Bonchev–Trinajstić information content (AvgIpc) is 2.50. The Hall–Kier alpha value is -1.28. The Morgan fingerprint density at radius 3 is 2.18 bits per heavy atom. The summed E-state index contributed by atoms with van der Waals surface area (Å²) in [6.45, 7) is 6.64. The van der Waals surface area contributed by atoms with Crippen molar-refractivity contribution in [1.82, 2.24) is 0 Å². The second-order valence-corrected chi connectivity index (χ2v) is 9.64. The van der Waals surface area contributed by atoms with E-state index < -0.39 is 69.6 Å². The molecule has 2 N–H and O–H groups in total. The molecule has 0 aromatic carbocycles.